The van der Waals surface area contributed by atoms with Crippen molar-refractivity contribution in [3.05, 3.63) is 76.3 Å². The van der Waals surface area contributed by atoms with Gasteiger partial charge in [0.1, 0.15) is 23.4 Å². The SMILES string of the molecule is COc1ccc([C@@H]2C(=C(O)c3ccc4c(c3)C[C@H](C)O4)C(=O)C(=O)N2c2nccs2)cc1. The number of hydrogen-bond donors (Lipinski definition) is 1. The van der Waals surface area contributed by atoms with E-state index in [1.807, 2.05) is 13.0 Å². The van der Waals surface area contributed by atoms with Gasteiger partial charge in [0.2, 0.25) is 0 Å². The smallest absolute Gasteiger partial charge is 0.301 e. The van der Waals surface area contributed by atoms with E-state index in [-0.39, 0.29) is 17.4 Å². The molecule has 0 spiro atoms. The molecule has 32 heavy (non-hydrogen) atoms. The normalized spacial score (nSPS) is 21.5. The highest BCUT2D eigenvalue weighted by molar-refractivity contribution is 7.14. The first-order valence-corrected chi connectivity index (χ1v) is 11.0. The number of benzene rings is 2. The van der Waals surface area contributed by atoms with Gasteiger partial charge in [-0.05, 0) is 48.4 Å². The standard InChI is InChI=1S/C24H20N2O5S/c1-13-11-16-12-15(5-8-18(16)31-13)21(27)19-20(14-3-6-17(30-2)7-4-14)26(23(29)22(19)28)24-25-9-10-32-24/h3-10,12-13,20,27H,11H2,1-2H3/t13-,20+/m0/s1. The Balaban J connectivity index is 1.67. The number of carbonyl (C=O) groups is 2. The summed E-state index contributed by atoms with van der Waals surface area (Å²) in [5.41, 5.74) is 2.12. The lowest BCUT2D eigenvalue weighted by Crippen LogP contribution is -2.29. The van der Waals surface area contributed by atoms with Crippen LogP contribution in [-0.2, 0) is 16.0 Å². The summed E-state index contributed by atoms with van der Waals surface area (Å²) in [6.07, 6.45) is 2.34. The zero-order valence-corrected chi connectivity index (χ0v) is 18.3. The van der Waals surface area contributed by atoms with Crippen LogP contribution in [0.4, 0.5) is 5.13 Å². The molecule has 2 atom stereocenters. The molecule has 0 aliphatic carbocycles. The quantitative estimate of drug-likeness (QED) is 0.367. The molecule has 162 valence electrons. The van der Waals surface area contributed by atoms with Crippen LogP contribution < -0.4 is 14.4 Å². The molecule has 5 rings (SSSR count). The van der Waals surface area contributed by atoms with E-state index in [0.29, 0.717) is 28.4 Å². The van der Waals surface area contributed by atoms with Gasteiger partial charge in [0, 0.05) is 23.6 Å². The molecule has 1 aromatic heterocycles. The fourth-order valence-corrected chi connectivity index (χ4v) is 4.86. The van der Waals surface area contributed by atoms with Crippen LogP contribution in [0.15, 0.2) is 59.6 Å². The molecule has 3 aromatic rings. The Morgan fingerprint density at radius 3 is 2.69 bits per heavy atom. The number of Topliss-reactive ketones (excluding diaryl/α,β-unsaturated/α-hetero) is 1. The Kier molecular flexibility index (Phi) is 4.94. The van der Waals surface area contributed by atoms with E-state index < -0.39 is 17.7 Å². The molecule has 1 amide bonds. The van der Waals surface area contributed by atoms with Gasteiger partial charge >= 0.3 is 5.91 Å². The minimum absolute atomic E-state index is 0.0299. The van der Waals surface area contributed by atoms with Crippen molar-refractivity contribution in [2.24, 2.45) is 0 Å². The van der Waals surface area contributed by atoms with Crippen LogP contribution in [0.2, 0.25) is 0 Å². The van der Waals surface area contributed by atoms with Gasteiger partial charge in [-0.15, -0.1) is 11.3 Å². The van der Waals surface area contributed by atoms with E-state index in [2.05, 4.69) is 4.98 Å². The highest BCUT2D eigenvalue weighted by Crippen LogP contribution is 2.43. The topological polar surface area (TPSA) is 89.0 Å². The second-order valence-corrected chi connectivity index (χ2v) is 8.59. The third-order valence-corrected chi connectivity index (χ3v) is 6.44. The number of fused-ring (bicyclic) bond motifs is 1. The third-order valence-electron chi connectivity index (χ3n) is 5.67. The number of aliphatic hydroxyl groups is 1. The van der Waals surface area contributed by atoms with Gasteiger partial charge in [0.05, 0.1) is 18.7 Å². The van der Waals surface area contributed by atoms with Crippen molar-refractivity contribution in [2.75, 3.05) is 12.0 Å². The molecule has 7 nitrogen and oxygen atoms in total. The highest BCUT2D eigenvalue weighted by Gasteiger charge is 2.48. The zero-order valence-electron chi connectivity index (χ0n) is 17.4. The maximum Gasteiger partial charge on any atom is 0.301 e. The van der Waals surface area contributed by atoms with Crippen molar-refractivity contribution in [1.29, 1.82) is 0 Å². The number of carbonyl (C=O) groups excluding carboxylic acids is 2. The van der Waals surface area contributed by atoms with Gasteiger partial charge in [-0.1, -0.05) is 12.1 Å². The minimum Gasteiger partial charge on any atom is -0.507 e. The Morgan fingerprint density at radius 1 is 1.22 bits per heavy atom. The molecule has 3 heterocycles. The molecule has 1 N–H and O–H groups in total. The molecule has 1 saturated heterocycles. The van der Waals surface area contributed by atoms with Gasteiger partial charge in [-0.3, -0.25) is 14.5 Å². The maximum atomic E-state index is 13.1. The van der Waals surface area contributed by atoms with Crippen LogP contribution in [0, 0.1) is 0 Å². The molecule has 2 aliphatic rings. The molecule has 0 unspecified atom stereocenters. The molecule has 0 radical (unpaired) electrons. The molecule has 2 aliphatic heterocycles. The molecular formula is C24H20N2O5S. The summed E-state index contributed by atoms with van der Waals surface area (Å²) in [5.74, 6) is -0.272. The first kappa shape index (κ1) is 20.3. The van der Waals surface area contributed by atoms with E-state index in [4.69, 9.17) is 9.47 Å². The summed E-state index contributed by atoms with van der Waals surface area (Å²) in [6, 6.07) is 11.6. The lowest BCUT2D eigenvalue weighted by molar-refractivity contribution is -0.132. The van der Waals surface area contributed by atoms with Crippen molar-refractivity contribution in [3.8, 4) is 11.5 Å². The molecule has 1 fully saturated rings. The molecule has 0 saturated carbocycles. The average molecular weight is 449 g/mol. The van der Waals surface area contributed by atoms with Gasteiger partial charge in [-0.25, -0.2) is 4.98 Å². The number of amides is 1. The van der Waals surface area contributed by atoms with Crippen LogP contribution >= 0.6 is 11.3 Å². The van der Waals surface area contributed by atoms with Crippen molar-refractivity contribution in [1.82, 2.24) is 4.98 Å². The number of anilines is 1. The summed E-state index contributed by atoms with van der Waals surface area (Å²) >= 11 is 1.25. The number of methoxy groups -OCH3 is 1. The van der Waals surface area contributed by atoms with Gasteiger partial charge < -0.3 is 14.6 Å². The van der Waals surface area contributed by atoms with Crippen molar-refractivity contribution >= 4 is 33.9 Å². The highest BCUT2D eigenvalue weighted by atomic mass is 32.1. The predicted octanol–water partition coefficient (Wildman–Crippen LogP) is 4.10. The number of aliphatic hydroxyl groups excluding tert-OH is 1. The Hall–Kier alpha value is -3.65. The minimum atomic E-state index is -0.810. The summed E-state index contributed by atoms with van der Waals surface area (Å²) in [5, 5.41) is 13.4. The van der Waals surface area contributed by atoms with Crippen LogP contribution in [0.1, 0.15) is 29.7 Å². The number of ether oxygens (including phenoxy) is 2. The van der Waals surface area contributed by atoms with Crippen LogP contribution in [-0.4, -0.2) is 35.0 Å². The molecular weight excluding hydrogens is 428 g/mol. The fraction of sp³-hybridized carbons (Fsp3) is 0.208. The molecule has 8 heteroatoms. The number of ketones is 1. The first-order chi connectivity index (χ1) is 15.5. The Bertz CT molecular complexity index is 1230. The molecule has 0 bridgehead atoms. The fourth-order valence-electron chi connectivity index (χ4n) is 4.19. The largest absolute Gasteiger partial charge is 0.507 e. The summed E-state index contributed by atoms with van der Waals surface area (Å²) in [4.78, 5) is 31.8. The monoisotopic (exact) mass is 448 g/mol. The lowest BCUT2D eigenvalue weighted by Gasteiger charge is -2.23. The van der Waals surface area contributed by atoms with Gasteiger partial charge in [0.25, 0.3) is 5.78 Å². The zero-order chi connectivity index (χ0) is 22.4. The van der Waals surface area contributed by atoms with E-state index in [9.17, 15) is 14.7 Å². The second kappa shape index (κ2) is 7.80. The van der Waals surface area contributed by atoms with E-state index in [1.165, 1.54) is 16.2 Å². The number of thiazole rings is 1. The Labute approximate surface area is 188 Å². The van der Waals surface area contributed by atoms with Crippen LogP contribution in [0.5, 0.6) is 11.5 Å². The summed E-state index contributed by atoms with van der Waals surface area (Å²) < 4.78 is 11.0. The number of aromatic nitrogens is 1. The van der Waals surface area contributed by atoms with E-state index >= 15 is 0 Å². The summed E-state index contributed by atoms with van der Waals surface area (Å²) in [7, 11) is 1.56. The number of nitrogens with zero attached hydrogens (tertiary/aromatic N) is 2. The van der Waals surface area contributed by atoms with Gasteiger partial charge in [-0.2, -0.15) is 0 Å². The average Bonchev–Trinajstić information content (AvgIpc) is 3.51. The van der Waals surface area contributed by atoms with Crippen molar-refractivity contribution in [3.63, 3.8) is 0 Å². The number of hydrogen-bond acceptors (Lipinski definition) is 7. The third kappa shape index (κ3) is 3.23. The van der Waals surface area contributed by atoms with Crippen LogP contribution in [0.3, 0.4) is 0 Å². The van der Waals surface area contributed by atoms with Crippen molar-refractivity contribution < 1.29 is 24.2 Å². The predicted molar refractivity (Wildman–Crippen MR) is 120 cm³/mol. The maximum absolute atomic E-state index is 13.1. The van der Waals surface area contributed by atoms with E-state index in [1.54, 1.807) is 55.1 Å². The van der Waals surface area contributed by atoms with Gasteiger partial charge in [0.15, 0.2) is 5.13 Å². The summed E-state index contributed by atoms with van der Waals surface area (Å²) in [6.45, 7) is 1.97. The second-order valence-electron chi connectivity index (χ2n) is 7.71. The van der Waals surface area contributed by atoms with Crippen molar-refractivity contribution in [2.45, 2.75) is 25.5 Å². The first-order valence-electron chi connectivity index (χ1n) is 10.1. The van der Waals surface area contributed by atoms with Crippen LogP contribution in [0.25, 0.3) is 5.76 Å². The molecule has 2 aromatic carbocycles. The lowest BCUT2D eigenvalue weighted by atomic mass is 9.94. The van der Waals surface area contributed by atoms with E-state index in [0.717, 1.165) is 11.3 Å². The Morgan fingerprint density at radius 2 is 2.00 bits per heavy atom. The number of rotatable bonds is 4.